The molecule has 0 radical (unpaired) electrons. The molecule has 1 atom stereocenters. The lowest BCUT2D eigenvalue weighted by Gasteiger charge is -2.33. The average Bonchev–Trinajstić information content (AvgIpc) is 2.12. The lowest BCUT2D eigenvalue weighted by molar-refractivity contribution is -0.155. The summed E-state index contributed by atoms with van der Waals surface area (Å²) in [6.07, 6.45) is 4.58. The van der Waals surface area contributed by atoms with Crippen LogP contribution in [0, 0.1) is 5.41 Å². The minimum absolute atomic E-state index is 0.0311. The minimum atomic E-state index is -0.311. The van der Waals surface area contributed by atoms with Gasteiger partial charge in [-0.1, -0.05) is 26.8 Å². The maximum Gasteiger partial charge on any atom is 0.306 e. The predicted octanol–water partition coefficient (Wildman–Crippen LogP) is 2.25. The molecule has 3 nitrogen and oxygen atoms in total. The highest BCUT2D eigenvalue weighted by Gasteiger charge is 2.34. The SMILES string of the molecule is CCCC(=O)OC1CC(=O)C=CC1(C)C. The number of rotatable bonds is 3. The van der Waals surface area contributed by atoms with E-state index in [1.807, 2.05) is 26.8 Å². The number of hydrogen-bond acceptors (Lipinski definition) is 3. The number of ether oxygens (including phenoxy) is 1. The zero-order chi connectivity index (χ0) is 11.5. The van der Waals surface area contributed by atoms with Gasteiger partial charge in [0, 0.05) is 18.3 Å². The van der Waals surface area contributed by atoms with Crippen molar-refractivity contribution in [1.29, 1.82) is 0 Å². The van der Waals surface area contributed by atoms with Gasteiger partial charge in [-0.25, -0.2) is 0 Å². The van der Waals surface area contributed by atoms with Gasteiger partial charge >= 0.3 is 5.97 Å². The van der Waals surface area contributed by atoms with E-state index in [-0.39, 0.29) is 23.3 Å². The molecule has 0 aromatic carbocycles. The van der Waals surface area contributed by atoms with Gasteiger partial charge in [-0.2, -0.15) is 0 Å². The second-order valence-corrected chi connectivity index (χ2v) is 4.55. The van der Waals surface area contributed by atoms with E-state index in [4.69, 9.17) is 4.74 Å². The van der Waals surface area contributed by atoms with Crippen LogP contribution in [0.1, 0.15) is 40.0 Å². The Morgan fingerprint density at radius 1 is 1.60 bits per heavy atom. The number of esters is 1. The molecule has 0 aliphatic heterocycles. The molecule has 0 saturated carbocycles. The Morgan fingerprint density at radius 2 is 2.27 bits per heavy atom. The molecule has 0 heterocycles. The van der Waals surface area contributed by atoms with E-state index in [9.17, 15) is 9.59 Å². The Labute approximate surface area is 90.5 Å². The standard InChI is InChI=1S/C12H18O3/c1-4-5-11(14)15-10-8-9(13)6-7-12(10,2)3/h6-7,10H,4-5,8H2,1-3H3. The fraction of sp³-hybridized carbons (Fsp3) is 0.667. The van der Waals surface area contributed by atoms with Crippen molar-refractivity contribution in [1.82, 2.24) is 0 Å². The second kappa shape index (κ2) is 4.60. The first-order valence-electron chi connectivity index (χ1n) is 5.37. The molecule has 1 aliphatic carbocycles. The third-order valence-electron chi connectivity index (χ3n) is 2.64. The van der Waals surface area contributed by atoms with Crippen molar-refractivity contribution < 1.29 is 14.3 Å². The summed E-state index contributed by atoms with van der Waals surface area (Å²) in [7, 11) is 0. The van der Waals surface area contributed by atoms with E-state index < -0.39 is 0 Å². The van der Waals surface area contributed by atoms with Crippen LogP contribution in [-0.2, 0) is 14.3 Å². The van der Waals surface area contributed by atoms with E-state index in [0.717, 1.165) is 6.42 Å². The monoisotopic (exact) mass is 210 g/mol. The lowest BCUT2D eigenvalue weighted by atomic mass is 9.79. The summed E-state index contributed by atoms with van der Waals surface area (Å²) < 4.78 is 5.31. The van der Waals surface area contributed by atoms with Gasteiger partial charge in [0.25, 0.3) is 0 Å². The Morgan fingerprint density at radius 3 is 2.87 bits per heavy atom. The van der Waals surface area contributed by atoms with Crippen LogP contribution in [0.5, 0.6) is 0 Å². The van der Waals surface area contributed by atoms with E-state index in [1.165, 1.54) is 0 Å². The van der Waals surface area contributed by atoms with Gasteiger partial charge in [-0.05, 0) is 12.5 Å². The highest BCUT2D eigenvalue weighted by molar-refractivity contribution is 5.91. The summed E-state index contributed by atoms with van der Waals surface area (Å²) in [4.78, 5) is 22.6. The summed E-state index contributed by atoms with van der Waals surface area (Å²) in [5.74, 6) is -0.178. The first-order valence-corrected chi connectivity index (χ1v) is 5.37. The molecule has 0 aromatic heterocycles. The van der Waals surface area contributed by atoms with Crippen LogP contribution in [0.2, 0.25) is 0 Å². The highest BCUT2D eigenvalue weighted by atomic mass is 16.5. The second-order valence-electron chi connectivity index (χ2n) is 4.55. The maximum atomic E-state index is 11.3. The van der Waals surface area contributed by atoms with Crippen LogP contribution in [-0.4, -0.2) is 17.9 Å². The molecule has 1 unspecified atom stereocenters. The normalized spacial score (nSPS) is 23.9. The molecule has 15 heavy (non-hydrogen) atoms. The van der Waals surface area contributed by atoms with Crippen LogP contribution in [0.15, 0.2) is 12.2 Å². The van der Waals surface area contributed by atoms with Crippen LogP contribution in [0.3, 0.4) is 0 Å². The molecule has 0 amide bonds. The minimum Gasteiger partial charge on any atom is -0.461 e. The van der Waals surface area contributed by atoms with Gasteiger partial charge in [0.2, 0.25) is 0 Å². The molecule has 3 heteroatoms. The van der Waals surface area contributed by atoms with Gasteiger partial charge in [0.05, 0.1) is 0 Å². The Kier molecular flexibility index (Phi) is 3.66. The molecule has 0 saturated heterocycles. The van der Waals surface area contributed by atoms with Gasteiger partial charge in [-0.15, -0.1) is 0 Å². The van der Waals surface area contributed by atoms with E-state index >= 15 is 0 Å². The first kappa shape index (κ1) is 12.0. The van der Waals surface area contributed by atoms with Crippen molar-refractivity contribution in [2.75, 3.05) is 0 Å². The van der Waals surface area contributed by atoms with Gasteiger partial charge in [-0.3, -0.25) is 9.59 Å². The van der Waals surface area contributed by atoms with E-state index in [0.29, 0.717) is 12.8 Å². The predicted molar refractivity (Wildman–Crippen MR) is 57.3 cm³/mol. The number of hydrogen-bond donors (Lipinski definition) is 0. The topological polar surface area (TPSA) is 43.4 Å². The largest absolute Gasteiger partial charge is 0.461 e. The maximum absolute atomic E-state index is 11.3. The summed E-state index contributed by atoms with van der Waals surface area (Å²) in [6.45, 7) is 5.87. The smallest absolute Gasteiger partial charge is 0.306 e. The molecular formula is C12H18O3. The molecule has 1 aliphatic rings. The Hall–Kier alpha value is -1.12. The van der Waals surface area contributed by atoms with E-state index in [1.54, 1.807) is 6.08 Å². The Balaban J connectivity index is 2.64. The molecule has 0 aromatic rings. The van der Waals surface area contributed by atoms with Crippen LogP contribution in [0.25, 0.3) is 0 Å². The number of carbonyl (C=O) groups excluding carboxylic acids is 2. The van der Waals surface area contributed by atoms with Crippen LogP contribution >= 0.6 is 0 Å². The zero-order valence-corrected chi connectivity index (χ0v) is 9.58. The summed E-state index contributed by atoms with van der Waals surface area (Å²) in [6, 6.07) is 0. The average molecular weight is 210 g/mol. The first-order chi connectivity index (χ1) is 6.95. The Bertz CT molecular complexity index is 289. The van der Waals surface area contributed by atoms with Crippen LogP contribution < -0.4 is 0 Å². The third-order valence-corrected chi connectivity index (χ3v) is 2.64. The number of carbonyl (C=O) groups is 2. The van der Waals surface area contributed by atoms with Gasteiger partial charge in [0.1, 0.15) is 6.10 Å². The van der Waals surface area contributed by atoms with Crippen molar-refractivity contribution in [2.24, 2.45) is 5.41 Å². The number of allylic oxidation sites excluding steroid dienone is 1. The summed E-state index contributed by atoms with van der Waals surface area (Å²) in [5, 5.41) is 0. The zero-order valence-electron chi connectivity index (χ0n) is 9.58. The molecule has 0 fully saturated rings. The van der Waals surface area contributed by atoms with Crippen molar-refractivity contribution in [3.63, 3.8) is 0 Å². The molecular weight excluding hydrogens is 192 g/mol. The molecule has 0 bridgehead atoms. The van der Waals surface area contributed by atoms with Crippen molar-refractivity contribution >= 4 is 11.8 Å². The van der Waals surface area contributed by atoms with Gasteiger partial charge < -0.3 is 4.74 Å². The summed E-state index contributed by atoms with van der Waals surface area (Å²) in [5.41, 5.74) is -0.239. The summed E-state index contributed by atoms with van der Waals surface area (Å²) >= 11 is 0. The molecule has 0 N–H and O–H groups in total. The number of ketones is 1. The highest BCUT2D eigenvalue weighted by Crippen LogP contribution is 2.31. The molecule has 1 rings (SSSR count). The fourth-order valence-corrected chi connectivity index (χ4v) is 1.54. The van der Waals surface area contributed by atoms with Gasteiger partial charge in [0.15, 0.2) is 5.78 Å². The molecule has 84 valence electrons. The quantitative estimate of drug-likeness (QED) is 0.671. The molecule has 0 spiro atoms. The van der Waals surface area contributed by atoms with Crippen molar-refractivity contribution in [2.45, 2.75) is 46.1 Å². The van der Waals surface area contributed by atoms with Crippen LogP contribution in [0.4, 0.5) is 0 Å². The van der Waals surface area contributed by atoms with Crippen molar-refractivity contribution in [3.05, 3.63) is 12.2 Å². The lowest BCUT2D eigenvalue weighted by Crippen LogP contribution is -2.37. The fourth-order valence-electron chi connectivity index (χ4n) is 1.54. The van der Waals surface area contributed by atoms with E-state index in [2.05, 4.69) is 0 Å². The van der Waals surface area contributed by atoms with Crippen molar-refractivity contribution in [3.8, 4) is 0 Å². The third kappa shape index (κ3) is 3.18.